The zero-order chi connectivity index (χ0) is 29.5. The molecule has 1 fully saturated rings. The second-order valence-electron chi connectivity index (χ2n) is 10.9. The summed E-state index contributed by atoms with van der Waals surface area (Å²) in [5, 5.41) is 44.1. The summed E-state index contributed by atoms with van der Waals surface area (Å²) < 4.78 is 0. The van der Waals surface area contributed by atoms with Crippen molar-refractivity contribution >= 4 is 23.2 Å². The summed E-state index contributed by atoms with van der Waals surface area (Å²) in [7, 11) is 2.93. The van der Waals surface area contributed by atoms with Crippen molar-refractivity contribution in [3.05, 3.63) is 64.1 Å². The summed E-state index contributed by atoms with van der Waals surface area (Å²) >= 11 is 0. The minimum absolute atomic E-state index is 0.0857. The Labute approximate surface area is 229 Å². The molecular formula is C28H28N6O6. The molecule has 12 nitrogen and oxygen atoms in total. The number of aliphatic hydroxyl groups is 2. The molecule has 40 heavy (non-hydrogen) atoms. The third-order valence-corrected chi connectivity index (χ3v) is 8.30. The molecule has 12 heteroatoms. The molecule has 4 atom stereocenters. The number of pyridine rings is 1. The molecule has 1 saturated carbocycles. The van der Waals surface area contributed by atoms with Gasteiger partial charge in [0.15, 0.2) is 17.0 Å². The van der Waals surface area contributed by atoms with Crippen LogP contribution in [0.3, 0.4) is 0 Å². The maximum Gasteiger partial charge on any atom is 0.255 e. The highest BCUT2D eigenvalue weighted by Gasteiger charge is 2.74. The van der Waals surface area contributed by atoms with Crippen LogP contribution in [0.1, 0.15) is 23.2 Å². The number of primary amides is 1. The van der Waals surface area contributed by atoms with E-state index in [1.54, 1.807) is 37.3 Å². The normalized spacial score (nSPS) is 29.6. The molecular weight excluding hydrogens is 516 g/mol. The smallest absolute Gasteiger partial charge is 0.255 e. The van der Waals surface area contributed by atoms with Crippen molar-refractivity contribution in [3.8, 4) is 23.1 Å². The highest BCUT2D eigenvalue weighted by Crippen LogP contribution is 2.58. The van der Waals surface area contributed by atoms with E-state index in [1.807, 2.05) is 0 Å². The Kier molecular flexibility index (Phi) is 5.72. The van der Waals surface area contributed by atoms with Crippen molar-refractivity contribution in [1.29, 1.82) is 5.26 Å². The molecule has 1 amide bonds. The Morgan fingerprint density at radius 2 is 1.82 bits per heavy atom. The molecule has 0 radical (unpaired) electrons. The number of aromatic hydroxyl groups is 1. The van der Waals surface area contributed by atoms with Gasteiger partial charge in [0.05, 0.1) is 40.0 Å². The van der Waals surface area contributed by atoms with Crippen LogP contribution < -0.4 is 17.2 Å². The number of fused-ring (bicyclic) bond motifs is 3. The number of aryl methyl sites for hydroxylation is 1. The van der Waals surface area contributed by atoms with Gasteiger partial charge in [-0.25, -0.2) is 0 Å². The van der Waals surface area contributed by atoms with E-state index in [-0.39, 0.29) is 17.7 Å². The minimum atomic E-state index is -2.70. The van der Waals surface area contributed by atoms with Crippen molar-refractivity contribution in [2.24, 2.45) is 22.6 Å². The number of rotatable bonds is 3. The Morgan fingerprint density at radius 3 is 2.40 bits per heavy atom. The minimum Gasteiger partial charge on any atom is -0.509 e. The van der Waals surface area contributed by atoms with Crippen LogP contribution in [0.25, 0.3) is 17.0 Å². The number of nitriles is 1. The molecule has 1 aromatic heterocycles. The number of carbonyl (C=O) groups is 3. The first kappa shape index (κ1) is 27.0. The van der Waals surface area contributed by atoms with Gasteiger partial charge in [0.1, 0.15) is 22.8 Å². The number of aromatic nitrogens is 1. The van der Waals surface area contributed by atoms with Gasteiger partial charge in [0.25, 0.3) is 5.91 Å². The number of nitrogens with two attached hydrogens (primary N) is 3. The second-order valence-corrected chi connectivity index (χ2v) is 10.9. The molecule has 0 spiro atoms. The average Bonchev–Trinajstić information content (AvgIpc) is 2.83. The Balaban J connectivity index is 1.87. The molecule has 0 aliphatic heterocycles. The summed E-state index contributed by atoms with van der Waals surface area (Å²) in [5.74, 6) is -5.75. The zero-order valence-corrected chi connectivity index (χ0v) is 22.0. The van der Waals surface area contributed by atoms with E-state index >= 15 is 0 Å². The fraction of sp³-hybridized carbons (Fsp3) is 0.321. The summed E-state index contributed by atoms with van der Waals surface area (Å²) in [6.45, 7) is 1.80. The lowest BCUT2D eigenvalue weighted by Gasteiger charge is -2.58. The number of amides is 1. The van der Waals surface area contributed by atoms with Crippen molar-refractivity contribution in [2.45, 2.75) is 36.9 Å². The first-order valence-electron chi connectivity index (χ1n) is 12.4. The average molecular weight is 545 g/mol. The van der Waals surface area contributed by atoms with Gasteiger partial charge < -0.3 is 32.5 Å². The molecule has 1 heterocycles. The van der Waals surface area contributed by atoms with Gasteiger partial charge in [-0.05, 0) is 63.7 Å². The van der Waals surface area contributed by atoms with Crippen LogP contribution in [0.4, 0.5) is 0 Å². The topological polar surface area (TPSA) is 230 Å². The summed E-state index contributed by atoms with van der Waals surface area (Å²) in [6, 6.07) is 8.58. The molecule has 0 bridgehead atoms. The van der Waals surface area contributed by atoms with Crippen LogP contribution in [0.5, 0.6) is 5.75 Å². The van der Waals surface area contributed by atoms with Crippen molar-refractivity contribution in [1.82, 2.24) is 9.88 Å². The van der Waals surface area contributed by atoms with E-state index in [9.17, 15) is 35.0 Å². The Bertz CT molecular complexity index is 1650. The van der Waals surface area contributed by atoms with Gasteiger partial charge in [-0.3, -0.25) is 24.3 Å². The number of phenolic OH excluding ortho intramolecular Hbond substituents is 1. The highest BCUT2D eigenvalue weighted by molar-refractivity contribution is 6.25. The van der Waals surface area contributed by atoms with Crippen LogP contribution in [0.2, 0.25) is 0 Å². The maximum absolute atomic E-state index is 14.4. The molecule has 0 unspecified atom stereocenters. The van der Waals surface area contributed by atoms with Crippen LogP contribution in [0, 0.1) is 23.7 Å². The summed E-state index contributed by atoms with van der Waals surface area (Å²) in [6.07, 6.45) is -0.589. The number of benzene rings is 1. The molecule has 1 aromatic carbocycles. The fourth-order valence-corrected chi connectivity index (χ4v) is 6.76. The number of nitrogens with zero attached hydrogens (tertiary/aromatic N) is 3. The van der Waals surface area contributed by atoms with E-state index in [0.717, 1.165) is 0 Å². The van der Waals surface area contributed by atoms with Gasteiger partial charge in [0.2, 0.25) is 0 Å². The van der Waals surface area contributed by atoms with E-state index in [1.165, 1.54) is 25.1 Å². The van der Waals surface area contributed by atoms with Crippen LogP contribution in [-0.4, -0.2) is 73.9 Å². The van der Waals surface area contributed by atoms with E-state index < -0.39 is 69.1 Å². The Hall–Kier alpha value is -4.57. The van der Waals surface area contributed by atoms with Gasteiger partial charge in [-0.2, -0.15) is 5.26 Å². The number of carbonyl (C=O) groups excluding carboxylic acids is 3. The molecule has 3 aliphatic carbocycles. The zero-order valence-electron chi connectivity index (χ0n) is 22.0. The Morgan fingerprint density at radius 1 is 1.15 bits per heavy atom. The standard InChI is InChI=1S/C28H28N6O6/c1-12-5-4-6-15(33-12)13-7-8-16(35)17-14(13)9-26(31)10-28(32)22(34(2)3)21(37)18(25(30)40)23(38)27(28,11-29)24(39)19(26)20(17)36/h4-8,22,35-36,38H,9-10,31-32H2,1-3H3,(H2,30,40)/t22-,26-,27+,28-/m1/s1. The highest BCUT2D eigenvalue weighted by atomic mass is 16.3. The number of phenols is 1. The molecule has 206 valence electrons. The SMILES string of the molecule is Cc1cccc(-c2ccc(O)c3c2C[C@@]2(N)C[C@@]4(N)[C@H](N(C)C)C(=O)C(C(N)=O)=C(O)[C@@]4(C#N)C(=O)C2=C3O)n1. The first-order valence-corrected chi connectivity index (χ1v) is 12.4. The van der Waals surface area contributed by atoms with Crippen molar-refractivity contribution < 1.29 is 29.7 Å². The van der Waals surface area contributed by atoms with Gasteiger partial charge in [0, 0.05) is 11.3 Å². The third-order valence-electron chi connectivity index (χ3n) is 8.30. The number of aliphatic hydroxyl groups excluding tert-OH is 2. The fourth-order valence-electron chi connectivity index (χ4n) is 6.76. The lowest BCUT2D eigenvalue weighted by molar-refractivity contribution is -0.139. The number of ketones is 2. The van der Waals surface area contributed by atoms with Gasteiger partial charge in [-0.1, -0.05) is 6.07 Å². The molecule has 5 rings (SSSR count). The number of hydrogen-bond acceptors (Lipinski definition) is 11. The third kappa shape index (κ3) is 3.16. The second kappa shape index (κ2) is 8.46. The van der Waals surface area contributed by atoms with Gasteiger partial charge >= 0.3 is 0 Å². The van der Waals surface area contributed by atoms with Crippen LogP contribution >= 0.6 is 0 Å². The molecule has 2 aromatic rings. The lowest BCUT2D eigenvalue weighted by Crippen LogP contribution is -2.80. The lowest BCUT2D eigenvalue weighted by atomic mass is 9.47. The van der Waals surface area contributed by atoms with E-state index in [0.29, 0.717) is 22.5 Å². The molecule has 3 aliphatic rings. The van der Waals surface area contributed by atoms with Crippen LogP contribution in [0.15, 0.2) is 47.2 Å². The maximum atomic E-state index is 14.4. The summed E-state index contributed by atoms with van der Waals surface area (Å²) in [4.78, 5) is 46.0. The predicted molar refractivity (Wildman–Crippen MR) is 142 cm³/mol. The molecule has 9 N–H and O–H groups in total. The first-order chi connectivity index (χ1) is 18.7. The van der Waals surface area contributed by atoms with Crippen molar-refractivity contribution in [2.75, 3.05) is 14.1 Å². The molecule has 0 saturated heterocycles. The largest absolute Gasteiger partial charge is 0.509 e. The van der Waals surface area contributed by atoms with Crippen molar-refractivity contribution in [3.63, 3.8) is 0 Å². The van der Waals surface area contributed by atoms with E-state index in [2.05, 4.69) is 4.98 Å². The number of Topliss-reactive ketones (excluding diaryl/α,β-unsaturated/α-hetero) is 2. The van der Waals surface area contributed by atoms with Gasteiger partial charge in [-0.15, -0.1) is 0 Å². The van der Waals surface area contributed by atoms with E-state index in [4.69, 9.17) is 17.2 Å². The van der Waals surface area contributed by atoms with Crippen LogP contribution in [-0.2, 0) is 20.8 Å². The monoisotopic (exact) mass is 544 g/mol. The number of hydrogen-bond donors (Lipinski definition) is 6. The number of likely N-dealkylation sites (N-methyl/N-ethyl adjacent to an activating group) is 1. The predicted octanol–water partition coefficient (Wildman–Crippen LogP) is 0.276. The summed E-state index contributed by atoms with van der Waals surface area (Å²) in [5.41, 5.74) is 13.2. The quantitative estimate of drug-likeness (QED) is 0.287.